The molecule has 0 saturated carbocycles. The first-order chi connectivity index (χ1) is 12.1. The normalized spacial score (nSPS) is 10.2. The predicted molar refractivity (Wildman–Crippen MR) is 94.2 cm³/mol. The zero-order valence-corrected chi connectivity index (χ0v) is 14.5. The molecule has 0 saturated heterocycles. The lowest BCUT2D eigenvalue weighted by atomic mass is 10.2. The van der Waals surface area contributed by atoms with Gasteiger partial charge in [-0.25, -0.2) is 9.59 Å². The summed E-state index contributed by atoms with van der Waals surface area (Å²) < 4.78 is 15.8. The van der Waals surface area contributed by atoms with Gasteiger partial charge in [0.2, 0.25) is 0 Å². The first-order valence-corrected chi connectivity index (χ1v) is 8.36. The molecule has 0 fully saturated rings. The molecule has 2 aromatic rings. The molecule has 5 heteroatoms. The van der Waals surface area contributed by atoms with Crippen LogP contribution < -0.4 is 9.47 Å². The molecular formula is C20H22O5. The van der Waals surface area contributed by atoms with Crippen LogP contribution in [0, 0.1) is 0 Å². The van der Waals surface area contributed by atoms with E-state index in [1.807, 2.05) is 13.8 Å². The fourth-order valence-corrected chi connectivity index (χ4v) is 2.07. The highest BCUT2D eigenvalue weighted by Gasteiger charge is 2.11. The monoisotopic (exact) mass is 342 g/mol. The number of benzene rings is 2. The molecule has 2 aromatic carbocycles. The van der Waals surface area contributed by atoms with Gasteiger partial charge in [0.25, 0.3) is 0 Å². The van der Waals surface area contributed by atoms with Crippen LogP contribution in [0.15, 0.2) is 48.5 Å². The SMILES string of the molecule is CCCCOC(=O)c1ccc(OC(=O)c2ccc(OCC)cc2)cc1. The Hall–Kier alpha value is -2.82. The van der Waals surface area contributed by atoms with Crippen LogP contribution in [0.1, 0.15) is 47.4 Å². The number of rotatable bonds is 8. The van der Waals surface area contributed by atoms with Gasteiger partial charge in [-0.3, -0.25) is 0 Å². The van der Waals surface area contributed by atoms with E-state index < -0.39 is 5.97 Å². The van der Waals surface area contributed by atoms with Gasteiger partial charge in [0.15, 0.2) is 0 Å². The number of hydrogen-bond donors (Lipinski definition) is 0. The van der Waals surface area contributed by atoms with Gasteiger partial charge in [0.05, 0.1) is 24.3 Å². The molecule has 0 radical (unpaired) electrons. The quantitative estimate of drug-likeness (QED) is 0.407. The Kier molecular flexibility index (Phi) is 7.01. The Bertz CT molecular complexity index is 689. The van der Waals surface area contributed by atoms with Gasteiger partial charge in [-0.1, -0.05) is 13.3 Å². The Balaban J connectivity index is 1.93. The van der Waals surface area contributed by atoms with Crippen molar-refractivity contribution < 1.29 is 23.8 Å². The first kappa shape index (κ1) is 18.5. The van der Waals surface area contributed by atoms with E-state index in [9.17, 15) is 9.59 Å². The third-order valence-corrected chi connectivity index (χ3v) is 3.43. The third-order valence-electron chi connectivity index (χ3n) is 3.43. The summed E-state index contributed by atoms with van der Waals surface area (Å²) in [4.78, 5) is 23.9. The van der Waals surface area contributed by atoms with Crippen LogP contribution in [-0.2, 0) is 4.74 Å². The maximum absolute atomic E-state index is 12.1. The molecule has 0 N–H and O–H groups in total. The van der Waals surface area contributed by atoms with Crippen molar-refractivity contribution in [2.24, 2.45) is 0 Å². The summed E-state index contributed by atoms with van der Waals surface area (Å²) in [7, 11) is 0. The number of unbranched alkanes of at least 4 members (excludes halogenated alkanes) is 1. The highest BCUT2D eigenvalue weighted by Crippen LogP contribution is 2.17. The van der Waals surface area contributed by atoms with E-state index in [2.05, 4.69) is 0 Å². The Labute approximate surface area is 147 Å². The first-order valence-electron chi connectivity index (χ1n) is 8.36. The molecule has 132 valence electrons. The third kappa shape index (κ3) is 5.64. The maximum Gasteiger partial charge on any atom is 0.343 e. The summed E-state index contributed by atoms with van der Waals surface area (Å²) in [5, 5.41) is 0. The van der Waals surface area contributed by atoms with Crippen molar-refractivity contribution >= 4 is 11.9 Å². The van der Waals surface area contributed by atoms with Crippen molar-refractivity contribution in [3.05, 3.63) is 59.7 Å². The molecule has 25 heavy (non-hydrogen) atoms. The molecule has 5 nitrogen and oxygen atoms in total. The highest BCUT2D eigenvalue weighted by atomic mass is 16.5. The van der Waals surface area contributed by atoms with E-state index in [0.717, 1.165) is 12.8 Å². The molecule has 0 unspecified atom stereocenters. The van der Waals surface area contributed by atoms with Crippen LogP contribution in [0.5, 0.6) is 11.5 Å². The smallest absolute Gasteiger partial charge is 0.343 e. The minimum Gasteiger partial charge on any atom is -0.494 e. The second-order valence-electron chi connectivity index (χ2n) is 5.36. The summed E-state index contributed by atoms with van der Waals surface area (Å²) in [5.74, 6) is 0.216. The Morgan fingerprint density at radius 1 is 0.800 bits per heavy atom. The number of hydrogen-bond acceptors (Lipinski definition) is 5. The Morgan fingerprint density at radius 3 is 1.92 bits per heavy atom. The van der Waals surface area contributed by atoms with Crippen LogP contribution in [0.3, 0.4) is 0 Å². The summed E-state index contributed by atoms with van der Waals surface area (Å²) >= 11 is 0. The maximum atomic E-state index is 12.1. The minimum absolute atomic E-state index is 0.365. The number of carbonyl (C=O) groups is 2. The van der Waals surface area contributed by atoms with E-state index >= 15 is 0 Å². The van der Waals surface area contributed by atoms with Gasteiger partial charge in [-0.2, -0.15) is 0 Å². The van der Waals surface area contributed by atoms with Crippen LogP contribution in [-0.4, -0.2) is 25.2 Å². The van der Waals surface area contributed by atoms with Gasteiger partial charge in [-0.05, 0) is 61.9 Å². The average molecular weight is 342 g/mol. The van der Waals surface area contributed by atoms with E-state index in [4.69, 9.17) is 14.2 Å². The zero-order chi connectivity index (χ0) is 18.1. The standard InChI is InChI=1S/C20H22O5/c1-3-5-14-24-19(21)15-8-12-18(13-9-15)25-20(22)16-6-10-17(11-7-16)23-4-2/h6-13H,3-5,14H2,1-2H3. The molecular weight excluding hydrogens is 320 g/mol. The lowest BCUT2D eigenvalue weighted by Gasteiger charge is -2.07. The van der Waals surface area contributed by atoms with Crippen LogP contribution >= 0.6 is 0 Å². The summed E-state index contributed by atoms with van der Waals surface area (Å²) in [6.45, 7) is 4.90. The zero-order valence-electron chi connectivity index (χ0n) is 14.5. The van der Waals surface area contributed by atoms with Crippen molar-refractivity contribution in [2.45, 2.75) is 26.7 Å². The van der Waals surface area contributed by atoms with E-state index in [1.165, 1.54) is 0 Å². The lowest BCUT2D eigenvalue weighted by molar-refractivity contribution is 0.0499. The largest absolute Gasteiger partial charge is 0.494 e. The summed E-state index contributed by atoms with van der Waals surface area (Å²) in [6, 6.07) is 13.0. The second-order valence-corrected chi connectivity index (χ2v) is 5.36. The fraction of sp³-hybridized carbons (Fsp3) is 0.300. The highest BCUT2D eigenvalue weighted by molar-refractivity contribution is 5.92. The van der Waals surface area contributed by atoms with E-state index in [-0.39, 0.29) is 5.97 Å². The molecule has 0 amide bonds. The van der Waals surface area contributed by atoms with Crippen LogP contribution in [0.4, 0.5) is 0 Å². The molecule has 0 aliphatic rings. The molecule has 0 heterocycles. The second kappa shape index (κ2) is 9.47. The molecule has 0 aromatic heterocycles. The number of esters is 2. The minimum atomic E-state index is -0.471. The van der Waals surface area contributed by atoms with Gasteiger partial charge < -0.3 is 14.2 Å². The van der Waals surface area contributed by atoms with Crippen molar-refractivity contribution in [3.8, 4) is 11.5 Å². The average Bonchev–Trinajstić information content (AvgIpc) is 2.63. The van der Waals surface area contributed by atoms with Crippen molar-refractivity contribution in [2.75, 3.05) is 13.2 Å². The number of ether oxygens (including phenoxy) is 3. The number of carbonyl (C=O) groups excluding carboxylic acids is 2. The van der Waals surface area contributed by atoms with Gasteiger partial charge in [0, 0.05) is 0 Å². The molecule has 0 aliphatic heterocycles. The molecule has 0 bridgehead atoms. The van der Waals surface area contributed by atoms with Gasteiger partial charge in [0.1, 0.15) is 11.5 Å². The van der Waals surface area contributed by atoms with Gasteiger partial charge >= 0.3 is 11.9 Å². The van der Waals surface area contributed by atoms with Crippen molar-refractivity contribution in [1.29, 1.82) is 0 Å². The van der Waals surface area contributed by atoms with E-state index in [1.54, 1.807) is 48.5 Å². The van der Waals surface area contributed by atoms with Crippen molar-refractivity contribution in [3.63, 3.8) is 0 Å². The molecule has 0 aliphatic carbocycles. The fourth-order valence-electron chi connectivity index (χ4n) is 2.07. The van der Waals surface area contributed by atoms with Crippen LogP contribution in [0.25, 0.3) is 0 Å². The molecule has 2 rings (SSSR count). The van der Waals surface area contributed by atoms with E-state index in [0.29, 0.717) is 35.8 Å². The summed E-state index contributed by atoms with van der Waals surface area (Å²) in [5.41, 5.74) is 0.850. The Morgan fingerprint density at radius 2 is 1.36 bits per heavy atom. The van der Waals surface area contributed by atoms with Crippen LogP contribution in [0.2, 0.25) is 0 Å². The van der Waals surface area contributed by atoms with Crippen molar-refractivity contribution in [1.82, 2.24) is 0 Å². The molecule has 0 spiro atoms. The molecule has 0 atom stereocenters. The van der Waals surface area contributed by atoms with Gasteiger partial charge in [-0.15, -0.1) is 0 Å². The predicted octanol–water partition coefficient (Wildman–Crippen LogP) is 4.26. The lowest BCUT2D eigenvalue weighted by Crippen LogP contribution is -2.09. The topological polar surface area (TPSA) is 61.8 Å². The summed E-state index contributed by atoms with van der Waals surface area (Å²) in [6.07, 6.45) is 1.80.